The SMILES string of the molecule is O=C(CC1CCCOC1)N1CCCN(CC(=O)N2CCCC2)CC1. The average molecular weight is 337 g/mol. The highest BCUT2D eigenvalue weighted by molar-refractivity contribution is 5.78. The second-order valence-corrected chi connectivity index (χ2v) is 7.39. The van der Waals surface area contributed by atoms with Crippen molar-refractivity contribution in [2.45, 2.75) is 38.5 Å². The fourth-order valence-corrected chi connectivity index (χ4v) is 3.98. The first kappa shape index (κ1) is 17.7. The van der Waals surface area contributed by atoms with Gasteiger partial charge in [-0.25, -0.2) is 0 Å². The highest BCUT2D eigenvalue weighted by Crippen LogP contribution is 2.19. The molecule has 1 unspecified atom stereocenters. The Kier molecular flexibility index (Phi) is 6.49. The number of hydrogen-bond acceptors (Lipinski definition) is 4. The number of nitrogens with zero attached hydrogens (tertiary/aromatic N) is 3. The van der Waals surface area contributed by atoms with E-state index in [1.54, 1.807) is 0 Å². The lowest BCUT2D eigenvalue weighted by Gasteiger charge is -2.26. The molecule has 6 heteroatoms. The third-order valence-corrected chi connectivity index (χ3v) is 5.48. The molecule has 6 nitrogen and oxygen atoms in total. The van der Waals surface area contributed by atoms with Crippen LogP contribution in [0.5, 0.6) is 0 Å². The molecule has 0 spiro atoms. The molecule has 0 aliphatic carbocycles. The minimum Gasteiger partial charge on any atom is -0.381 e. The minimum atomic E-state index is 0.256. The molecule has 2 amide bonds. The molecule has 0 radical (unpaired) electrons. The van der Waals surface area contributed by atoms with E-state index in [1.165, 1.54) is 0 Å². The van der Waals surface area contributed by atoms with E-state index in [4.69, 9.17) is 4.74 Å². The zero-order valence-corrected chi connectivity index (χ0v) is 14.8. The van der Waals surface area contributed by atoms with Gasteiger partial charge in [0, 0.05) is 58.9 Å². The van der Waals surface area contributed by atoms with E-state index in [9.17, 15) is 9.59 Å². The van der Waals surface area contributed by atoms with E-state index in [2.05, 4.69) is 4.90 Å². The Morgan fingerprint density at radius 1 is 0.833 bits per heavy atom. The van der Waals surface area contributed by atoms with Crippen LogP contribution in [-0.4, -0.2) is 85.5 Å². The van der Waals surface area contributed by atoms with E-state index >= 15 is 0 Å². The molecule has 3 rings (SSSR count). The van der Waals surface area contributed by atoms with E-state index in [1.807, 2.05) is 9.80 Å². The van der Waals surface area contributed by atoms with Crippen LogP contribution >= 0.6 is 0 Å². The van der Waals surface area contributed by atoms with Crippen LogP contribution in [0.15, 0.2) is 0 Å². The van der Waals surface area contributed by atoms with Crippen molar-refractivity contribution >= 4 is 11.8 Å². The number of likely N-dealkylation sites (tertiary alicyclic amines) is 1. The molecule has 3 aliphatic rings. The fraction of sp³-hybridized carbons (Fsp3) is 0.889. The van der Waals surface area contributed by atoms with Crippen LogP contribution in [-0.2, 0) is 14.3 Å². The molecule has 3 aliphatic heterocycles. The second-order valence-electron chi connectivity index (χ2n) is 7.39. The predicted octanol–water partition coefficient (Wildman–Crippen LogP) is 0.960. The summed E-state index contributed by atoms with van der Waals surface area (Å²) in [5, 5.41) is 0. The van der Waals surface area contributed by atoms with E-state index in [-0.39, 0.29) is 11.8 Å². The average Bonchev–Trinajstić information content (AvgIpc) is 3.03. The first-order valence-corrected chi connectivity index (χ1v) is 9.58. The Bertz CT molecular complexity index is 431. The lowest BCUT2D eigenvalue weighted by Crippen LogP contribution is -2.41. The summed E-state index contributed by atoms with van der Waals surface area (Å²) in [5.74, 6) is 0.909. The van der Waals surface area contributed by atoms with Crippen LogP contribution in [0.1, 0.15) is 38.5 Å². The molecule has 3 heterocycles. The van der Waals surface area contributed by atoms with Crippen molar-refractivity contribution in [1.82, 2.24) is 14.7 Å². The van der Waals surface area contributed by atoms with Gasteiger partial charge >= 0.3 is 0 Å². The van der Waals surface area contributed by atoms with Crippen LogP contribution in [0, 0.1) is 5.92 Å². The number of rotatable bonds is 4. The molecule has 24 heavy (non-hydrogen) atoms. The van der Waals surface area contributed by atoms with Gasteiger partial charge in [-0.05, 0) is 38.0 Å². The topological polar surface area (TPSA) is 53.1 Å². The number of carbonyl (C=O) groups excluding carboxylic acids is 2. The smallest absolute Gasteiger partial charge is 0.236 e. The number of hydrogen-bond donors (Lipinski definition) is 0. The Labute approximate surface area is 145 Å². The molecule has 1 atom stereocenters. The van der Waals surface area contributed by atoms with Crippen LogP contribution in [0.2, 0.25) is 0 Å². The lowest BCUT2D eigenvalue weighted by molar-refractivity contribution is -0.133. The second kappa shape index (κ2) is 8.81. The molecular formula is C18H31N3O3. The summed E-state index contributed by atoms with van der Waals surface area (Å²) in [6.45, 7) is 7.22. The van der Waals surface area contributed by atoms with Crippen molar-refractivity contribution in [2.75, 3.05) is 59.0 Å². The summed E-state index contributed by atoms with van der Waals surface area (Å²) < 4.78 is 5.48. The first-order chi connectivity index (χ1) is 11.7. The zero-order chi connectivity index (χ0) is 16.8. The van der Waals surface area contributed by atoms with Crippen LogP contribution in [0.3, 0.4) is 0 Å². The molecule has 0 N–H and O–H groups in total. The van der Waals surface area contributed by atoms with Crippen molar-refractivity contribution < 1.29 is 14.3 Å². The summed E-state index contributed by atoms with van der Waals surface area (Å²) in [4.78, 5) is 31.0. The van der Waals surface area contributed by atoms with Gasteiger partial charge in [0.1, 0.15) is 0 Å². The lowest BCUT2D eigenvalue weighted by atomic mass is 9.98. The molecule has 0 saturated carbocycles. The third-order valence-electron chi connectivity index (χ3n) is 5.48. The summed E-state index contributed by atoms with van der Waals surface area (Å²) in [7, 11) is 0. The molecule has 0 aromatic heterocycles. The number of amides is 2. The highest BCUT2D eigenvalue weighted by atomic mass is 16.5. The van der Waals surface area contributed by atoms with Crippen molar-refractivity contribution in [3.05, 3.63) is 0 Å². The predicted molar refractivity (Wildman–Crippen MR) is 91.6 cm³/mol. The summed E-state index contributed by atoms with van der Waals surface area (Å²) >= 11 is 0. The van der Waals surface area contributed by atoms with E-state index in [0.29, 0.717) is 18.9 Å². The van der Waals surface area contributed by atoms with Gasteiger partial charge in [0.2, 0.25) is 11.8 Å². The van der Waals surface area contributed by atoms with Crippen molar-refractivity contribution in [2.24, 2.45) is 5.92 Å². The Morgan fingerprint density at radius 3 is 2.33 bits per heavy atom. The summed E-state index contributed by atoms with van der Waals surface area (Å²) in [5.41, 5.74) is 0. The normalized spacial score (nSPS) is 26.4. The summed E-state index contributed by atoms with van der Waals surface area (Å²) in [6.07, 6.45) is 6.03. The van der Waals surface area contributed by atoms with Gasteiger partial charge in [0.25, 0.3) is 0 Å². The van der Waals surface area contributed by atoms with Gasteiger partial charge in [0.05, 0.1) is 6.54 Å². The van der Waals surface area contributed by atoms with Crippen molar-refractivity contribution in [3.8, 4) is 0 Å². The van der Waals surface area contributed by atoms with Gasteiger partial charge < -0.3 is 14.5 Å². The Hall–Kier alpha value is -1.14. The fourth-order valence-electron chi connectivity index (χ4n) is 3.98. The van der Waals surface area contributed by atoms with Crippen molar-refractivity contribution in [3.63, 3.8) is 0 Å². The molecule has 0 aromatic carbocycles. The largest absolute Gasteiger partial charge is 0.381 e. The van der Waals surface area contributed by atoms with Gasteiger partial charge in [-0.3, -0.25) is 14.5 Å². The molecule has 0 aromatic rings. The van der Waals surface area contributed by atoms with Gasteiger partial charge in [-0.1, -0.05) is 0 Å². The van der Waals surface area contributed by atoms with Crippen LogP contribution < -0.4 is 0 Å². The highest BCUT2D eigenvalue weighted by Gasteiger charge is 2.25. The number of ether oxygens (including phenoxy) is 1. The van der Waals surface area contributed by atoms with Crippen molar-refractivity contribution in [1.29, 1.82) is 0 Å². The van der Waals surface area contributed by atoms with E-state index in [0.717, 1.165) is 84.6 Å². The van der Waals surface area contributed by atoms with Gasteiger partial charge in [-0.2, -0.15) is 0 Å². The quantitative estimate of drug-likeness (QED) is 0.767. The zero-order valence-electron chi connectivity index (χ0n) is 14.8. The van der Waals surface area contributed by atoms with Gasteiger partial charge in [-0.15, -0.1) is 0 Å². The molecule has 3 fully saturated rings. The first-order valence-electron chi connectivity index (χ1n) is 9.58. The summed E-state index contributed by atoms with van der Waals surface area (Å²) in [6, 6.07) is 0. The number of carbonyl (C=O) groups is 2. The Morgan fingerprint density at radius 2 is 1.58 bits per heavy atom. The maximum atomic E-state index is 12.5. The van der Waals surface area contributed by atoms with Crippen LogP contribution in [0.25, 0.3) is 0 Å². The minimum absolute atomic E-state index is 0.256. The molecule has 3 saturated heterocycles. The maximum absolute atomic E-state index is 12.5. The third kappa shape index (κ3) is 4.93. The monoisotopic (exact) mass is 337 g/mol. The Balaban J connectivity index is 1.42. The maximum Gasteiger partial charge on any atom is 0.236 e. The van der Waals surface area contributed by atoms with Crippen LogP contribution in [0.4, 0.5) is 0 Å². The standard InChI is InChI=1S/C18H31N3O3/c22-17(13-16-5-3-12-24-15-16)21-9-4-6-19(10-11-21)14-18(23)20-7-1-2-8-20/h16H,1-15H2. The van der Waals surface area contributed by atoms with Gasteiger partial charge in [0.15, 0.2) is 0 Å². The molecule has 136 valence electrons. The molecule has 0 bridgehead atoms. The molecular weight excluding hydrogens is 306 g/mol. The van der Waals surface area contributed by atoms with E-state index < -0.39 is 0 Å².